The Morgan fingerprint density at radius 2 is 2.40 bits per heavy atom. The number of rotatable bonds is 3. The normalized spacial score (nSPS) is 12.2. The summed E-state index contributed by atoms with van der Waals surface area (Å²) in [6.07, 6.45) is 1.50. The molecule has 0 saturated heterocycles. The highest BCUT2D eigenvalue weighted by molar-refractivity contribution is 5.96. The van der Waals surface area contributed by atoms with Crippen LogP contribution in [0.1, 0.15) is 23.0 Å². The summed E-state index contributed by atoms with van der Waals surface area (Å²) in [4.78, 5) is 15.7. The van der Waals surface area contributed by atoms with Crippen LogP contribution in [0.4, 0.5) is 5.69 Å². The van der Waals surface area contributed by atoms with Gasteiger partial charge in [0.2, 0.25) is 0 Å². The fourth-order valence-corrected chi connectivity index (χ4v) is 1.13. The number of pyridine rings is 1. The molecular formula is C10H15N3O2. The second kappa shape index (κ2) is 4.75. The van der Waals surface area contributed by atoms with Crippen LogP contribution in [0.5, 0.6) is 0 Å². The molecule has 82 valence electrons. The number of aliphatic hydroxyl groups excluding tert-OH is 1. The van der Waals surface area contributed by atoms with Gasteiger partial charge in [0.1, 0.15) is 0 Å². The molecule has 0 unspecified atom stereocenters. The Balaban J connectivity index is 2.86. The van der Waals surface area contributed by atoms with Gasteiger partial charge in [0.15, 0.2) is 0 Å². The Bertz CT molecular complexity index is 366. The topological polar surface area (TPSA) is 88.2 Å². The minimum atomic E-state index is -0.279. The lowest BCUT2D eigenvalue weighted by atomic mass is 10.1. The van der Waals surface area contributed by atoms with Crippen molar-refractivity contribution in [3.05, 3.63) is 23.5 Å². The molecule has 0 aliphatic rings. The maximum atomic E-state index is 11.7. The van der Waals surface area contributed by atoms with E-state index in [0.29, 0.717) is 16.9 Å². The van der Waals surface area contributed by atoms with E-state index in [4.69, 9.17) is 10.8 Å². The highest BCUT2D eigenvalue weighted by Gasteiger charge is 2.12. The van der Waals surface area contributed by atoms with Crippen molar-refractivity contribution < 1.29 is 9.90 Å². The van der Waals surface area contributed by atoms with Crippen LogP contribution in [0.25, 0.3) is 0 Å². The first-order valence-corrected chi connectivity index (χ1v) is 4.68. The van der Waals surface area contributed by atoms with E-state index in [2.05, 4.69) is 10.3 Å². The van der Waals surface area contributed by atoms with Crippen molar-refractivity contribution in [2.24, 2.45) is 0 Å². The molecule has 1 rings (SSSR count). The Kier molecular flexibility index (Phi) is 3.62. The molecule has 5 heteroatoms. The van der Waals surface area contributed by atoms with E-state index in [1.165, 1.54) is 6.20 Å². The van der Waals surface area contributed by atoms with Crippen LogP contribution in [0, 0.1) is 6.92 Å². The first-order valence-electron chi connectivity index (χ1n) is 4.68. The quantitative estimate of drug-likeness (QED) is 0.658. The molecule has 0 aliphatic heterocycles. The van der Waals surface area contributed by atoms with E-state index in [9.17, 15) is 4.79 Å². The van der Waals surface area contributed by atoms with Crippen molar-refractivity contribution in [2.45, 2.75) is 19.9 Å². The molecule has 0 saturated carbocycles. The lowest BCUT2D eigenvalue weighted by Crippen LogP contribution is -2.35. The molecule has 0 aromatic carbocycles. The fraction of sp³-hybridized carbons (Fsp3) is 0.400. The molecule has 0 bridgehead atoms. The Morgan fingerprint density at radius 3 is 3.00 bits per heavy atom. The maximum Gasteiger partial charge on any atom is 0.253 e. The lowest BCUT2D eigenvalue weighted by Gasteiger charge is -2.12. The van der Waals surface area contributed by atoms with Gasteiger partial charge in [0.05, 0.1) is 29.7 Å². The summed E-state index contributed by atoms with van der Waals surface area (Å²) in [6.45, 7) is 3.35. The van der Waals surface area contributed by atoms with Crippen molar-refractivity contribution in [1.82, 2.24) is 10.3 Å². The smallest absolute Gasteiger partial charge is 0.253 e. The van der Waals surface area contributed by atoms with Crippen molar-refractivity contribution in [3.8, 4) is 0 Å². The SMILES string of the molecule is Cc1ncc(N)cc1C(=O)N[C@H](C)CO. The second-order valence-electron chi connectivity index (χ2n) is 3.46. The number of hydrogen-bond acceptors (Lipinski definition) is 4. The minimum absolute atomic E-state index is 0.0967. The molecule has 0 aliphatic carbocycles. The highest BCUT2D eigenvalue weighted by Crippen LogP contribution is 2.09. The molecule has 15 heavy (non-hydrogen) atoms. The molecule has 1 amide bonds. The van der Waals surface area contributed by atoms with Gasteiger partial charge in [-0.2, -0.15) is 0 Å². The van der Waals surface area contributed by atoms with E-state index in [1.807, 2.05) is 0 Å². The number of nitrogens with zero attached hydrogens (tertiary/aromatic N) is 1. The molecule has 1 heterocycles. The first-order chi connectivity index (χ1) is 7.04. The highest BCUT2D eigenvalue weighted by atomic mass is 16.3. The molecule has 4 N–H and O–H groups in total. The van der Waals surface area contributed by atoms with E-state index >= 15 is 0 Å². The van der Waals surface area contributed by atoms with E-state index < -0.39 is 0 Å². The van der Waals surface area contributed by atoms with Crippen LogP contribution < -0.4 is 11.1 Å². The third-order valence-electron chi connectivity index (χ3n) is 2.00. The summed E-state index contributed by atoms with van der Waals surface area (Å²) in [5.74, 6) is -0.270. The lowest BCUT2D eigenvalue weighted by molar-refractivity contribution is 0.0921. The number of hydrogen-bond donors (Lipinski definition) is 3. The number of carbonyl (C=O) groups is 1. The Morgan fingerprint density at radius 1 is 1.73 bits per heavy atom. The van der Waals surface area contributed by atoms with Gasteiger partial charge in [0, 0.05) is 6.04 Å². The van der Waals surface area contributed by atoms with Gasteiger partial charge >= 0.3 is 0 Å². The summed E-state index contributed by atoms with van der Waals surface area (Å²) >= 11 is 0. The first kappa shape index (κ1) is 11.5. The molecule has 1 aromatic rings. The largest absolute Gasteiger partial charge is 0.397 e. The number of aliphatic hydroxyl groups is 1. The molecule has 0 fully saturated rings. The number of nitrogens with one attached hydrogen (secondary N) is 1. The zero-order chi connectivity index (χ0) is 11.4. The summed E-state index contributed by atoms with van der Waals surface area (Å²) in [7, 11) is 0. The van der Waals surface area contributed by atoms with Crippen LogP contribution in [-0.4, -0.2) is 28.6 Å². The number of anilines is 1. The van der Waals surface area contributed by atoms with Crippen LogP contribution in [0.2, 0.25) is 0 Å². The van der Waals surface area contributed by atoms with E-state index in [-0.39, 0.29) is 18.6 Å². The van der Waals surface area contributed by atoms with Crippen molar-refractivity contribution >= 4 is 11.6 Å². The third-order valence-corrected chi connectivity index (χ3v) is 2.00. The standard InChI is InChI=1S/C10H15N3O2/c1-6(5-14)13-10(15)9-3-8(11)4-12-7(9)2/h3-4,6,14H,5,11H2,1-2H3,(H,13,15)/t6-/m1/s1. The molecule has 0 spiro atoms. The van der Waals surface area contributed by atoms with Crippen LogP contribution >= 0.6 is 0 Å². The number of aryl methyl sites for hydroxylation is 1. The fourth-order valence-electron chi connectivity index (χ4n) is 1.13. The summed E-state index contributed by atoms with van der Waals surface area (Å²) in [6, 6.07) is 1.29. The number of amides is 1. The van der Waals surface area contributed by atoms with Crippen molar-refractivity contribution in [3.63, 3.8) is 0 Å². The van der Waals surface area contributed by atoms with Gasteiger partial charge in [-0.3, -0.25) is 9.78 Å². The molecule has 1 aromatic heterocycles. The van der Waals surface area contributed by atoms with Crippen LogP contribution in [0.3, 0.4) is 0 Å². The summed E-state index contributed by atoms with van der Waals surface area (Å²) in [5.41, 5.74) is 7.04. The average Bonchev–Trinajstić information content (AvgIpc) is 2.21. The Hall–Kier alpha value is -1.62. The van der Waals surface area contributed by atoms with E-state index in [1.54, 1.807) is 19.9 Å². The monoisotopic (exact) mass is 209 g/mol. The number of nitrogen functional groups attached to an aromatic ring is 1. The van der Waals surface area contributed by atoms with Crippen molar-refractivity contribution in [1.29, 1.82) is 0 Å². The van der Waals surface area contributed by atoms with Crippen LogP contribution in [-0.2, 0) is 0 Å². The van der Waals surface area contributed by atoms with E-state index in [0.717, 1.165) is 0 Å². The zero-order valence-corrected chi connectivity index (χ0v) is 8.82. The minimum Gasteiger partial charge on any atom is -0.397 e. The number of nitrogens with two attached hydrogens (primary N) is 1. The number of aromatic nitrogens is 1. The van der Waals surface area contributed by atoms with Gasteiger partial charge in [-0.15, -0.1) is 0 Å². The predicted octanol–water partition coefficient (Wildman–Crippen LogP) is 0.0828. The average molecular weight is 209 g/mol. The van der Waals surface area contributed by atoms with Gasteiger partial charge < -0.3 is 16.2 Å². The predicted molar refractivity (Wildman–Crippen MR) is 57.4 cm³/mol. The van der Waals surface area contributed by atoms with Gasteiger partial charge in [0.25, 0.3) is 5.91 Å². The number of carbonyl (C=O) groups excluding carboxylic acids is 1. The van der Waals surface area contributed by atoms with Crippen LogP contribution in [0.15, 0.2) is 12.3 Å². The van der Waals surface area contributed by atoms with Crippen molar-refractivity contribution in [2.75, 3.05) is 12.3 Å². The molecule has 0 radical (unpaired) electrons. The third kappa shape index (κ3) is 2.92. The Labute approximate surface area is 88.3 Å². The zero-order valence-electron chi connectivity index (χ0n) is 8.82. The van der Waals surface area contributed by atoms with Gasteiger partial charge in [-0.1, -0.05) is 0 Å². The maximum absolute atomic E-state index is 11.7. The van der Waals surface area contributed by atoms with Gasteiger partial charge in [-0.25, -0.2) is 0 Å². The molecular weight excluding hydrogens is 194 g/mol. The summed E-state index contributed by atoms with van der Waals surface area (Å²) < 4.78 is 0. The molecule has 1 atom stereocenters. The second-order valence-corrected chi connectivity index (χ2v) is 3.46. The summed E-state index contributed by atoms with van der Waals surface area (Å²) in [5, 5.41) is 11.4. The van der Waals surface area contributed by atoms with Gasteiger partial charge in [-0.05, 0) is 19.9 Å². The molecule has 5 nitrogen and oxygen atoms in total.